The van der Waals surface area contributed by atoms with Gasteiger partial charge in [0.2, 0.25) is 0 Å². The number of benzene rings is 2. The Morgan fingerprint density at radius 2 is 1.71 bits per heavy atom. The number of carbonyl (C=O) groups is 1. The fraction of sp³-hybridized carbons (Fsp3) is 0.217. The van der Waals surface area contributed by atoms with Crippen LogP contribution < -0.4 is 19.5 Å². The molecule has 0 aliphatic rings. The summed E-state index contributed by atoms with van der Waals surface area (Å²) in [6, 6.07) is 15.3. The molecule has 0 radical (unpaired) electrons. The number of hydrogen-bond acceptors (Lipinski definition) is 6. The summed E-state index contributed by atoms with van der Waals surface area (Å²) >= 11 is 1.41. The molecule has 160 valence electrons. The minimum Gasteiger partial charge on any atom is -0.496 e. The van der Waals surface area contributed by atoms with E-state index in [1.807, 2.05) is 48.0 Å². The quantitative estimate of drug-likeness (QED) is 0.465. The topological polar surface area (TPSA) is 74.6 Å². The Morgan fingerprint density at radius 1 is 1.03 bits per heavy atom. The van der Waals surface area contributed by atoms with Crippen molar-refractivity contribution in [2.45, 2.75) is 13.5 Å². The molecule has 7 nitrogen and oxygen atoms in total. The Hall–Kier alpha value is -3.52. The molecule has 2 aromatic carbocycles. The molecule has 0 unspecified atom stereocenters. The smallest absolute Gasteiger partial charge is 0.261 e. The number of amides is 1. The van der Waals surface area contributed by atoms with Gasteiger partial charge in [0.1, 0.15) is 22.1 Å². The van der Waals surface area contributed by atoms with Gasteiger partial charge in [-0.25, -0.2) is 4.68 Å². The number of methoxy groups -OCH3 is 3. The predicted molar refractivity (Wildman–Crippen MR) is 121 cm³/mol. The van der Waals surface area contributed by atoms with Gasteiger partial charge in [0, 0.05) is 17.5 Å². The third-order valence-electron chi connectivity index (χ3n) is 5.01. The number of fused-ring (bicyclic) bond motifs is 1. The number of aryl methyl sites for hydroxylation is 1. The van der Waals surface area contributed by atoms with E-state index in [2.05, 4.69) is 10.4 Å². The highest BCUT2D eigenvalue weighted by Gasteiger charge is 2.19. The molecule has 0 atom stereocenters. The fourth-order valence-electron chi connectivity index (χ4n) is 3.41. The van der Waals surface area contributed by atoms with Crippen LogP contribution in [0, 0.1) is 6.92 Å². The van der Waals surface area contributed by atoms with Crippen LogP contribution in [0.4, 0.5) is 0 Å². The van der Waals surface area contributed by atoms with Gasteiger partial charge in [-0.15, -0.1) is 11.3 Å². The summed E-state index contributed by atoms with van der Waals surface area (Å²) in [7, 11) is 4.73. The van der Waals surface area contributed by atoms with E-state index in [-0.39, 0.29) is 12.5 Å². The van der Waals surface area contributed by atoms with Crippen LogP contribution in [0.25, 0.3) is 15.9 Å². The van der Waals surface area contributed by atoms with Gasteiger partial charge in [0.15, 0.2) is 0 Å². The lowest BCUT2D eigenvalue weighted by Crippen LogP contribution is -2.22. The first kappa shape index (κ1) is 20.7. The molecule has 0 aliphatic carbocycles. The summed E-state index contributed by atoms with van der Waals surface area (Å²) in [6.45, 7) is 2.20. The second-order valence-electron chi connectivity index (χ2n) is 6.86. The van der Waals surface area contributed by atoms with E-state index in [0.717, 1.165) is 27.2 Å². The number of rotatable bonds is 7. The maximum absolute atomic E-state index is 12.9. The molecule has 0 bridgehead atoms. The summed E-state index contributed by atoms with van der Waals surface area (Å²) in [4.78, 5) is 14.5. The summed E-state index contributed by atoms with van der Waals surface area (Å²) in [5, 5.41) is 8.57. The van der Waals surface area contributed by atoms with Gasteiger partial charge in [0.05, 0.1) is 49.7 Å². The number of nitrogens with one attached hydrogen (secondary N) is 1. The molecule has 8 heteroatoms. The van der Waals surface area contributed by atoms with Crippen LogP contribution in [-0.4, -0.2) is 37.0 Å². The van der Waals surface area contributed by atoms with Crippen molar-refractivity contribution >= 4 is 27.5 Å². The molecule has 1 amide bonds. The molecule has 0 aliphatic heterocycles. The van der Waals surface area contributed by atoms with Crippen LogP contribution in [0.3, 0.4) is 0 Å². The van der Waals surface area contributed by atoms with Crippen molar-refractivity contribution in [3.05, 3.63) is 64.7 Å². The summed E-state index contributed by atoms with van der Waals surface area (Å²) < 4.78 is 18.1. The van der Waals surface area contributed by atoms with Crippen LogP contribution in [0.5, 0.6) is 17.2 Å². The highest BCUT2D eigenvalue weighted by Crippen LogP contribution is 2.34. The van der Waals surface area contributed by atoms with Gasteiger partial charge in [-0.05, 0) is 25.1 Å². The van der Waals surface area contributed by atoms with Crippen molar-refractivity contribution in [2.75, 3.05) is 21.3 Å². The lowest BCUT2D eigenvalue weighted by atomic mass is 10.1. The molecule has 31 heavy (non-hydrogen) atoms. The first-order valence-corrected chi connectivity index (χ1v) is 10.5. The Bertz CT molecular complexity index is 1210. The Morgan fingerprint density at radius 3 is 2.32 bits per heavy atom. The van der Waals surface area contributed by atoms with E-state index < -0.39 is 0 Å². The van der Waals surface area contributed by atoms with Gasteiger partial charge in [-0.3, -0.25) is 4.79 Å². The second kappa shape index (κ2) is 8.69. The van der Waals surface area contributed by atoms with Crippen molar-refractivity contribution in [2.24, 2.45) is 0 Å². The van der Waals surface area contributed by atoms with Crippen LogP contribution >= 0.6 is 11.3 Å². The van der Waals surface area contributed by atoms with E-state index in [0.29, 0.717) is 22.1 Å². The lowest BCUT2D eigenvalue weighted by molar-refractivity contribution is 0.0954. The maximum atomic E-state index is 12.9. The summed E-state index contributed by atoms with van der Waals surface area (Å²) in [6.07, 6.45) is 0. The van der Waals surface area contributed by atoms with Crippen molar-refractivity contribution in [1.29, 1.82) is 0 Å². The molecule has 1 N–H and O–H groups in total. The largest absolute Gasteiger partial charge is 0.496 e. The van der Waals surface area contributed by atoms with E-state index >= 15 is 0 Å². The van der Waals surface area contributed by atoms with Crippen LogP contribution in [0.2, 0.25) is 0 Å². The number of para-hydroxylation sites is 1. The molecular weight excluding hydrogens is 414 g/mol. The van der Waals surface area contributed by atoms with Crippen molar-refractivity contribution in [3.8, 4) is 22.9 Å². The molecule has 2 aromatic heterocycles. The minimum absolute atomic E-state index is 0.167. The van der Waals surface area contributed by atoms with Crippen LogP contribution in [0.1, 0.15) is 20.9 Å². The summed E-state index contributed by atoms with van der Waals surface area (Å²) in [5.41, 5.74) is 2.58. The van der Waals surface area contributed by atoms with Gasteiger partial charge >= 0.3 is 0 Å². The highest BCUT2D eigenvalue weighted by molar-refractivity contribution is 7.20. The fourth-order valence-corrected chi connectivity index (χ4v) is 4.51. The minimum atomic E-state index is -0.167. The third kappa shape index (κ3) is 3.94. The number of aromatic nitrogens is 2. The number of hydrogen-bond donors (Lipinski definition) is 1. The van der Waals surface area contributed by atoms with Crippen molar-refractivity contribution in [3.63, 3.8) is 0 Å². The van der Waals surface area contributed by atoms with E-state index in [1.165, 1.54) is 11.3 Å². The number of thiophene rings is 1. The number of carbonyl (C=O) groups excluding carboxylic acids is 1. The molecule has 0 fully saturated rings. The van der Waals surface area contributed by atoms with E-state index in [1.54, 1.807) is 33.5 Å². The standard InChI is InChI=1S/C23H23N3O4S/c1-14-17-12-21(31-23(17)26(25-14)15-8-6-5-7-9-15)22(27)24-13-18-19(29-3)10-16(28-2)11-20(18)30-4/h5-12H,13H2,1-4H3,(H,24,27). The first-order chi connectivity index (χ1) is 15.0. The van der Waals surface area contributed by atoms with E-state index in [4.69, 9.17) is 14.2 Å². The average Bonchev–Trinajstić information content (AvgIpc) is 3.38. The molecule has 0 saturated carbocycles. The highest BCUT2D eigenvalue weighted by atomic mass is 32.1. The zero-order valence-corrected chi connectivity index (χ0v) is 18.6. The van der Waals surface area contributed by atoms with Gasteiger partial charge in [0.25, 0.3) is 5.91 Å². The average molecular weight is 438 g/mol. The van der Waals surface area contributed by atoms with Gasteiger partial charge < -0.3 is 19.5 Å². The van der Waals surface area contributed by atoms with Gasteiger partial charge in [-0.1, -0.05) is 18.2 Å². The Balaban J connectivity index is 1.60. The summed E-state index contributed by atoms with van der Waals surface area (Å²) in [5.74, 6) is 1.63. The molecule has 0 spiro atoms. The molecule has 2 heterocycles. The molecule has 4 rings (SSSR count). The third-order valence-corrected chi connectivity index (χ3v) is 6.12. The zero-order chi connectivity index (χ0) is 22.0. The molecular formula is C23H23N3O4S. The number of ether oxygens (including phenoxy) is 3. The lowest BCUT2D eigenvalue weighted by Gasteiger charge is -2.15. The monoisotopic (exact) mass is 437 g/mol. The zero-order valence-electron chi connectivity index (χ0n) is 17.8. The second-order valence-corrected chi connectivity index (χ2v) is 7.89. The van der Waals surface area contributed by atoms with Crippen LogP contribution in [-0.2, 0) is 6.54 Å². The molecule has 0 saturated heterocycles. The molecule has 4 aromatic rings. The Labute approximate surface area is 184 Å². The van der Waals surface area contributed by atoms with Gasteiger partial charge in [-0.2, -0.15) is 5.10 Å². The predicted octanol–water partition coefficient (Wildman–Crippen LogP) is 4.35. The van der Waals surface area contributed by atoms with Crippen molar-refractivity contribution < 1.29 is 19.0 Å². The maximum Gasteiger partial charge on any atom is 0.261 e. The number of nitrogens with zero attached hydrogens (tertiary/aromatic N) is 2. The van der Waals surface area contributed by atoms with Crippen molar-refractivity contribution in [1.82, 2.24) is 15.1 Å². The Kier molecular flexibility index (Phi) is 5.81. The van der Waals surface area contributed by atoms with E-state index in [9.17, 15) is 4.79 Å². The van der Waals surface area contributed by atoms with Crippen LogP contribution in [0.15, 0.2) is 48.5 Å². The SMILES string of the molecule is COc1cc(OC)c(CNC(=O)c2cc3c(C)nn(-c4ccccc4)c3s2)c(OC)c1. The first-order valence-electron chi connectivity index (χ1n) is 9.67. The normalized spacial score (nSPS) is 10.8.